The largest absolute Gasteiger partial charge is 0.389 e. The van der Waals surface area contributed by atoms with Gasteiger partial charge in [0.1, 0.15) is 9.83 Å². The first-order chi connectivity index (χ1) is 9.06. The lowest BCUT2D eigenvalue weighted by atomic mass is 10.1. The van der Waals surface area contributed by atoms with E-state index in [0.29, 0.717) is 23.7 Å². The first-order valence-corrected chi connectivity index (χ1v) is 6.85. The number of carbonyl (C=O) groups excluding carboxylic acids is 1. The van der Waals surface area contributed by atoms with Crippen molar-refractivity contribution < 1.29 is 9.53 Å². The normalized spacial score (nSPS) is 10.9. The molecule has 2 heterocycles. The standard InChI is InChI=1S/C13H17N3O2S/c1-4-9(17)16-11-10-8(6-18-3)5-7(2)15-13(10)19-12(11)14/h5H,4,6,14H2,1-3H3,(H,16,17). The number of aryl methyl sites for hydroxylation is 1. The molecule has 0 unspecified atom stereocenters. The number of carbonyl (C=O) groups is 1. The predicted octanol–water partition coefficient (Wildman–Crippen LogP) is 2.68. The quantitative estimate of drug-likeness (QED) is 0.902. The van der Waals surface area contributed by atoms with Crippen molar-refractivity contribution in [2.45, 2.75) is 26.9 Å². The van der Waals surface area contributed by atoms with Crippen LogP contribution in [0.3, 0.4) is 0 Å². The molecule has 0 bridgehead atoms. The van der Waals surface area contributed by atoms with E-state index in [9.17, 15) is 4.79 Å². The minimum Gasteiger partial charge on any atom is -0.389 e. The minimum absolute atomic E-state index is 0.0599. The van der Waals surface area contributed by atoms with Gasteiger partial charge in [-0.25, -0.2) is 4.98 Å². The van der Waals surface area contributed by atoms with E-state index in [1.54, 1.807) is 14.0 Å². The fourth-order valence-corrected chi connectivity index (χ4v) is 2.94. The Bertz CT molecular complexity index is 622. The molecule has 0 aliphatic heterocycles. The molecule has 0 aliphatic carbocycles. The number of hydrogen-bond acceptors (Lipinski definition) is 5. The second-order valence-corrected chi connectivity index (χ2v) is 5.31. The second-order valence-electron chi connectivity index (χ2n) is 4.28. The molecule has 0 atom stereocenters. The number of ether oxygens (including phenoxy) is 1. The lowest BCUT2D eigenvalue weighted by molar-refractivity contribution is -0.115. The number of hydrogen-bond donors (Lipinski definition) is 2. The van der Waals surface area contributed by atoms with Gasteiger partial charge in [-0.1, -0.05) is 18.3 Å². The number of amides is 1. The third kappa shape index (κ3) is 2.69. The first kappa shape index (κ1) is 13.8. The molecule has 0 saturated carbocycles. The van der Waals surface area contributed by atoms with Crippen LogP contribution in [0.1, 0.15) is 24.6 Å². The van der Waals surface area contributed by atoms with Crippen molar-refractivity contribution in [2.75, 3.05) is 18.2 Å². The third-order valence-electron chi connectivity index (χ3n) is 2.78. The van der Waals surface area contributed by atoms with Gasteiger partial charge in [-0.2, -0.15) is 0 Å². The number of pyridine rings is 1. The fourth-order valence-electron chi connectivity index (χ4n) is 1.95. The molecule has 0 saturated heterocycles. The van der Waals surface area contributed by atoms with Crippen LogP contribution < -0.4 is 11.1 Å². The topological polar surface area (TPSA) is 77.2 Å². The van der Waals surface area contributed by atoms with Crippen LogP contribution in [0, 0.1) is 6.92 Å². The Kier molecular flexibility index (Phi) is 4.01. The Morgan fingerprint density at radius 2 is 2.32 bits per heavy atom. The molecule has 2 aromatic rings. The highest BCUT2D eigenvalue weighted by Crippen LogP contribution is 2.39. The lowest BCUT2D eigenvalue weighted by Gasteiger charge is -2.08. The Morgan fingerprint density at radius 3 is 2.95 bits per heavy atom. The Morgan fingerprint density at radius 1 is 1.58 bits per heavy atom. The summed E-state index contributed by atoms with van der Waals surface area (Å²) in [5.74, 6) is -0.0599. The molecule has 102 valence electrons. The van der Waals surface area contributed by atoms with Gasteiger partial charge < -0.3 is 15.8 Å². The van der Waals surface area contributed by atoms with Crippen molar-refractivity contribution in [3.63, 3.8) is 0 Å². The summed E-state index contributed by atoms with van der Waals surface area (Å²) in [6.45, 7) is 4.20. The number of rotatable bonds is 4. The van der Waals surface area contributed by atoms with Gasteiger partial charge in [0.25, 0.3) is 0 Å². The molecule has 2 aromatic heterocycles. The van der Waals surface area contributed by atoms with Crippen LogP contribution in [0.4, 0.5) is 10.7 Å². The minimum atomic E-state index is -0.0599. The van der Waals surface area contributed by atoms with Gasteiger partial charge in [0, 0.05) is 24.6 Å². The molecular weight excluding hydrogens is 262 g/mol. The van der Waals surface area contributed by atoms with Crippen molar-refractivity contribution in [1.29, 1.82) is 0 Å². The first-order valence-electron chi connectivity index (χ1n) is 6.04. The molecule has 0 aromatic carbocycles. The number of nitrogen functional groups attached to an aromatic ring is 1. The Labute approximate surface area is 115 Å². The number of aromatic nitrogens is 1. The summed E-state index contributed by atoms with van der Waals surface area (Å²) in [6.07, 6.45) is 0.412. The van der Waals surface area contributed by atoms with Gasteiger partial charge in [0.05, 0.1) is 12.3 Å². The number of anilines is 2. The zero-order chi connectivity index (χ0) is 14.0. The summed E-state index contributed by atoms with van der Waals surface area (Å²) in [5.41, 5.74) is 8.55. The van der Waals surface area contributed by atoms with Crippen LogP contribution in [0.15, 0.2) is 6.07 Å². The maximum atomic E-state index is 11.6. The number of methoxy groups -OCH3 is 1. The second kappa shape index (κ2) is 5.54. The average Bonchev–Trinajstić information content (AvgIpc) is 2.65. The summed E-state index contributed by atoms with van der Waals surface area (Å²) in [4.78, 5) is 16.9. The molecule has 0 spiro atoms. The summed E-state index contributed by atoms with van der Waals surface area (Å²) in [6, 6.07) is 1.96. The molecule has 1 amide bonds. The molecule has 0 fully saturated rings. The SMILES string of the molecule is CCC(=O)Nc1c(N)sc2nc(C)cc(COC)c12. The summed E-state index contributed by atoms with van der Waals surface area (Å²) < 4.78 is 5.21. The smallest absolute Gasteiger partial charge is 0.224 e. The lowest BCUT2D eigenvalue weighted by Crippen LogP contribution is -2.10. The molecule has 19 heavy (non-hydrogen) atoms. The number of nitrogens with zero attached hydrogens (tertiary/aromatic N) is 1. The molecule has 3 N–H and O–H groups in total. The van der Waals surface area contributed by atoms with Gasteiger partial charge in [-0.3, -0.25) is 4.79 Å². The highest BCUT2D eigenvalue weighted by atomic mass is 32.1. The van der Waals surface area contributed by atoms with Crippen molar-refractivity contribution in [3.8, 4) is 0 Å². The Hall–Kier alpha value is -1.66. The van der Waals surface area contributed by atoms with Crippen LogP contribution in [-0.2, 0) is 16.1 Å². The van der Waals surface area contributed by atoms with Crippen molar-refractivity contribution in [3.05, 3.63) is 17.3 Å². The van der Waals surface area contributed by atoms with E-state index in [1.807, 2.05) is 13.0 Å². The van der Waals surface area contributed by atoms with E-state index < -0.39 is 0 Å². The van der Waals surface area contributed by atoms with Crippen LogP contribution in [-0.4, -0.2) is 18.0 Å². The number of fused-ring (bicyclic) bond motifs is 1. The highest BCUT2D eigenvalue weighted by Gasteiger charge is 2.17. The molecular formula is C13H17N3O2S. The zero-order valence-electron chi connectivity index (χ0n) is 11.2. The molecule has 0 radical (unpaired) electrons. The number of nitrogens with one attached hydrogen (secondary N) is 1. The van der Waals surface area contributed by atoms with Crippen LogP contribution in [0.5, 0.6) is 0 Å². The molecule has 0 aliphatic rings. The fraction of sp³-hybridized carbons (Fsp3) is 0.385. The predicted molar refractivity (Wildman–Crippen MR) is 78.4 cm³/mol. The van der Waals surface area contributed by atoms with Gasteiger partial charge in [-0.15, -0.1) is 0 Å². The monoisotopic (exact) mass is 279 g/mol. The van der Waals surface area contributed by atoms with E-state index in [2.05, 4.69) is 10.3 Å². The van der Waals surface area contributed by atoms with E-state index in [-0.39, 0.29) is 5.91 Å². The van der Waals surface area contributed by atoms with Crippen LogP contribution in [0.2, 0.25) is 0 Å². The molecule has 5 nitrogen and oxygen atoms in total. The zero-order valence-corrected chi connectivity index (χ0v) is 12.1. The maximum Gasteiger partial charge on any atom is 0.224 e. The van der Waals surface area contributed by atoms with E-state index >= 15 is 0 Å². The highest BCUT2D eigenvalue weighted by molar-refractivity contribution is 7.23. The number of thiophene rings is 1. The molecule has 6 heteroatoms. The van der Waals surface area contributed by atoms with Crippen molar-refractivity contribution in [2.24, 2.45) is 0 Å². The number of nitrogens with two attached hydrogens (primary N) is 1. The average molecular weight is 279 g/mol. The maximum absolute atomic E-state index is 11.6. The van der Waals surface area contributed by atoms with Gasteiger partial charge in [0.15, 0.2) is 0 Å². The summed E-state index contributed by atoms with van der Waals surface area (Å²) in [5, 5.41) is 4.31. The van der Waals surface area contributed by atoms with Gasteiger partial charge in [0.2, 0.25) is 5.91 Å². The molecule has 2 rings (SSSR count). The van der Waals surface area contributed by atoms with Crippen LogP contribution in [0.25, 0.3) is 10.2 Å². The van der Waals surface area contributed by atoms with Gasteiger partial charge >= 0.3 is 0 Å². The third-order valence-corrected chi connectivity index (χ3v) is 3.70. The summed E-state index contributed by atoms with van der Waals surface area (Å²) in [7, 11) is 1.64. The van der Waals surface area contributed by atoms with E-state index in [1.165, 1.54) is 11.3 Å². The van der Waals surface area contributed by atoms with Crippen molar-refractivity contribution in [1.82, 2.24) is 4.98 Å². The van der Waals surface area contributed by atoms with E-state index in [4.69, 9.17) is 10.5 Å². The van der Waals surface area contributed by atoms with E-state index in [0.717, 1.165) is 21.5 Å². The van der Waals surface area contributed by atoms with Crippen molar-refractivity contribution >= 4 is 38.1 Å². The van der Waals surface area contributed by atoms with Gasteiger partial charge in [-0.05, 0) is 18.6 Å². The van der Waals surface area contributed by atoms with Crippen LogP contribution >= 0.6 is 11.3 Å². The Balaban J connectivity index is 2.62. The summed E-state index contributed by atoms with van der Waals surface area (Å²) >= 11 is 1.38.